The summed E-state index contributed by atoms with van der Waals surface area (Å²) in [6, 6.07) is 23.6. The van der Waals surface area contributed by atoms with E-state index in [-0.39, 0.29) is 12.7 Å². The van der Waals surface area contributed by atoms with Crippen LogP contribution >= 0.6 is 11.8 Å². The van der Waals surface area contributed by atoms with Gasteiger partial charge < -0.3 is 9.47 Å². The monoisotopic (exact) mass is 494 g/mol. The van der Waals surface area contributed by atoms with Gasteiger partial charge in [-0.3, -0.25) is 9.69 Å². The maximum atomic E-state index is 13.5. The van der Waals surface area contributed by atoms with Gasteiger partial charge in [0.05, 0.1) is 11.4 Å². The van der Waals surface area contributed by atoms with Crippen LogP contribution in [0.5, 0.6) is 11.5 Å². The molecular weight excluding hydrogens is 472 g/mol. The van der Waals surface area contributed by atoms with Gasteiger partial charge in [0.1, 0.15) is 5.70 Å². The standard InChI is InChI=1S/C28H22N4O3S/c1-19-3-8-23(9-4-19)32-27(33)24(15-21-7-12-25-26(16-21)35-18-34-25)30-28(32)36-17-20-5-10-22(11-6-20)31-14-2-13-29-31/h2-16H,17-18H2,1H3/b24-15+. The number of carbonyl (C=O) groups is 1. The molecule has 8 heteroatoms. The molecule has 0 aliphatic carbocycles. The van der Waals surface area contributed by atoms with Crippen LogP contribution in [0, 0.1) is 6.92 Å². The summed E-state index contributed by atoms with van der Waals surface area (Å²) in [4.78, 5) is 19.9. The van der Waals surface area contributed by atoms with Crippen LogP contribution in [0.4, 0.5) is 5.69 Å². The fraction of sp³-hybridized carbons (Fsp3) is 0.107. The van der Waals surface area contributed by atoms with E-state index in [1.54, 1.807) is 17.2 Å². The number of ether oxygens (including phenoxy) is 2. The normalized spacial score (nSPS) is 15.6. The Morgan fingerprint density at radius 1 is 0.972 bits per heavy atom. The molecule has 4 aromatic rings. The molecule has 0 spiro atoms. The molecule has 36 heavy (non-hydrogen) atoms. The van der Waals surface area contributed by atoms with E-state index in [1.807, 2.05) is 78.5 Å². The third kappa shape index (κ3) is 4.38. The van der Waals surface area contributed by atoms with Gasteiger partial charge in [0, 0.05) is 18.1 Å². The Morgan fingerprint density at radius 2 is 1.75 bits per heavy atom. The van der Waals surface area contributed by atoms with Crippen LogP contribution in [0.1, 0.15) is 16.7 Å². The maximum absolute atomic E-state index is 13.5. The number of nitrogens with zero attached hydrogens (tertiary/aromatic N) is 4. The number of hydrogen-bond donors (Lipinski definition) is 0. The van der Waals surface area contributed by atoms with Gasteiger partial charge >= 0.3 is 0 Å². The largest absolute Gasteiger partial charge is 0.454 e. The zero-order valence-electron chi connectivity index (χ0n) is 19.5. The quantitative estimate of drug-likeness (QED) is 0.339. The highest BCUT2D eigenvalue weighted by atomic mass is 32.2. The number of amidine groups is 1. The summed E-state index contributed by atoms with van der Waals surface area (Å²) in [5.41, 5.74) is 5.26. The van der Waals surface area contributed by atoms with E-state index in [1.165, 1.54) is 11.8 Å². The molecule has 0 saturated carbocycles. The van der Waals surface area contributed by atoms with Gasteiger partial charge in [0.25, 0.3) is 5.91 Å². The molecule has 1 aromatic heterocycles. The van der Waals surface area contributed by atoms with Crippen LogP contribution in [0.25, 0.3) is 11.8 Å². The Balaban J connectivity index is 1.27. The van der Waals surface area contributed by atoms with E-state index in [9.17, 15) is 4.79 Å². The zero-order chi connectivity index (χ0) is 24.5. The zero-order valence-corrected chi connectivity index (χ0v) is 20.3. The van der Waals surface area contributed by atoms with Crippen molar-refractivity contribution in [3.05, 3.63) is 108 Å². The highest BCUT2D eigenvalue weighted by Crippen LogP contribution is 2.35. The van der Waals surface area contributed by atoms with Crippen molar-refractivity contribution in [2.24, 2.45) is 4.99 Å². The lowest BCUT2D eigenvalue weighted by Gasteiger charge is -2.18. The second-order valence-electron chi connectivity index (χ2n) is 8.42. The van der Waals surface area contributed by atoms with Crippen LogP contribution < -0.4 is 14.4 Å². The molecule has 0 radical (unpaired) electrons. The predicted octanol–water partition coefficient (Wildman–Crippen LogP) is 5.59. The molecule has 0 bridgehead atoms. The summed E-state index contributed by atoms with van der Waals surface area (Å²) < 4.78 is 12.7. The predicted molar refractivity (Wildman–Crippen MR) is 142 cm³/mol. The summed E-state index contributed by atoms with van der Waals surface area (Å²) in [7, 11) is 0. The first-order chi connectivity index (χ1) is 17.6. The van der Waals surface area contributed by atoms with Crippen LogP contribution in [-0.4, -0.2) is 27.6 Å². The molecule has 6 rings (SSSR count). The number of amides is 1. The maximum Gasteiger partial charge on any atom is 0.283 e. The minimum absolute atomic E-state index is 0.159. The highest BCUT2D eigenvalue weighted by Gasteiger charge is 2.32. The van der Waals surface area contributed by atoms with Crippen LogP contribution in [0.2, 0.25) is 0 Å². The third-order valence-corrected chi connectivity index (χ3v) is 6.90. The van der Waals surface area contributed by atoms with Crippen LogP contribution in [-0.2, 0) is 10.5 Å². The number of benzene rings is 3. The van der Waals surface area contributed by atoms with Gasteiger partial charge in [-0.2, -0.15) is 5.10 Å². The summed E-state index contributed by atoms with van der Waals surface area (Å²) in [6.07, 6.45) is 5.46. The fourth-order valence-corrected chi connectivity index (χ4v) is 4.96. The van der Waals surface area contributed by atoms with Gasteiger partial charge in [0.15, 0.2) is 16.7 Å². The molecule has 0 unspecified atom stereocenters. The third-order valence-electron chi connectivity index (χ3n) is 5.89. The Kier molecular flexibility index (Phi) is 5.79. The van der Waals surface area contributed by atoms with Gasteiger partial charge in [-0.15, -0.1) is 0 Å². The van der Waals surface area contributed by atoms with Gasteiger partial charge in [-0.25, -0.2) is 9.67 Å². The number of anilines is 1. The molecule has 178 valence electrons. The Labute approximate surface area is 212 Å². The summed E-state index contributed by atoms with van der Waals surface area (Å²) in [5.74, 6) is 1.88. The topological polar surface area (TPSA) is 69.0 Å². The fourth-order valence-electron chi connectivity index (χ4n) is 3.99. The van der Waals surface area contributed by atoms with Crippen molar-refractivity contribution >= 4 is 34.6 Å². The number of aromatic nitrogens is 2. The first kappa shape index (κ1) is 22.2. The van der Waals surface area contributed by atoms with Crippen molar-refractivity contribution in [3.63, 3.8) is 0 Å². The Morgan fingerprint density at radius 3 is 2.53 bits per heavy atom. The summed E-state index contributed by atoms with van der Waals surface area (Å²) in [5, 5.41) is 4.92. The molecule has 7 nitrogen and oxygen atoms in total. The second kappa shape index (κ2) is 9.39. The Hall–Kier alpha value is -4.30. The number of fused-ring (bicyclic) bond motifs is 1. The van der Waals surface area contributed by atoms with E-state index in [4.69, 9.17) is 14.5 Å². The number of aryl methyl sites for hydroxylation is 1. The number of carbonyl (C=O) groups excluding carboxylic acids is 1. The van der Waals surface area contributed by atoms with Crippen molar-refractivity contribution in [3.8, 4) is 17.2 Å². The van der Waals surface area contributed by atoms with E-state index in [2.05, 4.69) is 17.2 Å². The average molecular weight is 495 g/mol. The summed E-state index contributed by atoms with van der Waals surface area (Å²) in [6.45, 7) is 2.23. The molecule has 1 amide bonds. The molecule has 2 aliphatic heterocycles. The molecule has 3 heterocycles. The molecule has 2 aliphatic rings. The number of thioether (sulfide) groups is 1. The second-order valence-corrected chi connectivity index (χ2v) is 9.36. The molecule has 0 N–H and O–H groups in total. The number of aliphatic imine (C=N–C) groups is 1. The SMILES string of the molecule is Cc1ccc(N2C(=O)/C(=C\c3ccc4c(c3)OCO4)N=C2SCc2ccc(-n3cccn3)cc2)cc1. The first-order valence-electron chi connectivity index (χ1n) is 11.5. The van der Waals surface area contributed by atoms with Crippen molar-refractivity contribution in [1.82, 2.24) is 9.78 Å². The lowest BCUT2D eigenvalue weighted by molar-refractivity contribution is -0.113. The lowest BCUT2D eigenvalue weighted by Crippen LogP contribution is -2.30. The number of rotatable bonds is 5. The number of hydrogen-bond acceptors (Lipinski definition) is 6. The van der Waals surface area contributed by atoms with Crippen LogP contribution in [0.3, 0.4) is 0 Å². The highest BCUT2D eigenvalue weighted by molar-refractivity contribution is 8.13. The van der Waals surface area contributed by atoms with Gasteiger partial charge in [-0.1, -0.05) is 47.7 Å². The first-order valence-corrected chi connectivity index (χ1v) is 12.5. The Bertz CT molecular complexity index is 1480. The molecule has 0 atom stereocenters. The average Bonchev–Trinajstić information content (AvgIpc) is 3.65. The van der Waals surface area contributed by atoms with Gasteiger partial charge in [-0.05, 0) is 66.6 Å². The molecule has 3 aromatic carbocycles. The minimum Gasteiger partial charge on any atom is -0.454 e. The minimum atomic E-state index is -0.159. The van der Waals surface area contributed by atoms with Crippen molar-refractivity contribution in [1.29, 1.82) is 0 Å². The lowest BCUT2D eigenvalue weighted by atomic mass is 10.1. The molecule has 0 saturated heterocycles. The van der Waals surface area contributed by atoms with Crippen molar-refractivity contribution in [2.45, 2.75) is 12.7 Å². The van der Waals surface area contributed by atoms with Crippen molar-refractivity contribution < 1.29 is 14.3 Å². The van der Waals surface area contributed by atoms with Gasteiger partial charge in [0.2, 0.25) is 6.79 Å². The smallest absolute Gasteiger partial charge is 0.283 e. The van der Waals surface area contributed by atoms with Crippen molar-refractivity contribution in [2.75, 3.05) is 11.7 Å². The molecule has 0 fully saturated rings. The van der Waals surface area contributed by atoms with E-state index < -0.39 is 0 Å². The molecular formula is C28H22N4O3S. The van der Waals surface area contributed by atoms with E-state index >= 15 is 0 Å². The van der Waals surface area contributed by atoms with Crippen LogP contribution in [0.15, 0.2) is 95.9 Å². The van der Waals surface area contributed by atoms with E-state index in [0.29, 0.717) is 28.1 Å². The summed E-state index contributed by atoms with van der Waals surface area (Å²) >= 11 is 1.53. The van der Waals surface area contributed by atoms with E-state index in [0.717, 1.165) is 28.1 Å².